The summed E-state index contributed by atoms with van der Waals surface area (Å²) in [6, 6.07) is 12.5. The van der Waals surface area contributed by atoms with Crippen molar-refractivity contribution in [1.82, 2.24) is 9.97 Å². The highest BCUT2D eigenvalue weighted by Crippen LogP contribution is 2.34. The van der Waals surface area contributed by atoms with Crippen molar-refractivity contribution in [3.63, 3.8) is 0 Å². The van der Waals surface area contributed by atoms with Crippen molar-refractivity contribution in [1.29, 1.82) is 0 Å². The molecule has 0 spiro atoms. The van der Waals surface area contributed by atoms with Crippen LogP contribution in [0.25, 0.3) is 33.6 Å². The monoisotopic (exact) mass is 410 g/mol. The average molecular weight is 410 g/mol. The Balaban J connectivity index is 1.75. The van der Waals surface area contributed by atoms with Gasteiger partial charge >= 0.3 is 0 Å². The fourth-order valence-electron chi connectivity index (χ4n) is 2.96. The van der Waals surface area contributed by atoms with E-state index in [-0.39, 0.29) is 18.1 Å². The molecule has 0 radical (unpaired) electrons. The lowest BCUT2D eigenvalue weighted by molar-refractivity contribution is 0.201. The molecule has 0 aliphatic rings. The zero-order valence-electron chi connectivity index (χ0n) is 15.6. The maximum Gasteiger partial charge on any atom is 0.177 e. The van der Waals surface area contributed by atoms with Gasteiger partial charge in [-0.05, 0) is 36.4 Å². The van der Waals surface area contributed by atoms with Gasteiger partial charge in [0.2, 0.25) is 0 Å². The second-order valence-corrected chi connectivity index (χ2v) is 8.48. The molecule has 29 heavy (non-hydrogen) atoms. The quantitative estimate of drug-likeness (QED) is 0.520. The number of furan rings is 1. The van der Waals surface area contributed by atoms with E-state index >= 15 is 0 Å². The summed E-state index contributed by atoms with van der Waals surface area (Å²) in [5.41, 5.74) is 3.39. The molecule has 0 aliphatic heterocycles. The van der Waals surface area contributed by atoms with Crippen molar-refractivity contribution in [3.05, 3.63) is 61.1 Å². The Labute approximate surface area is 167 Å². The molecule has 0 atom stereocenters. The predicted octanol–water partition coefficient (Wildman–Crippen LogP) is 3.33. The van der Waals surface area contributed by atoms with Crippen molar-refractivity contribution in [2.75, 3.05) is 19.5 Å². The van der Waals surface area contributed by atoms with E-state index in [9.17, 15) is 8.42 Å². The minimum absolute atomic E-state index is 0.0465. The van der Waals surface area contributed by atoms with E-state index in [4.69, 9.17) is 14.3 Å². The highest BCUT2D eigenvalue weighted by atomic mass is 32.2. The van der Waals surface area contributed by atoms with E-state index in [1.165, 1.54) is 6.20 Å². The Hall–Kier alpha value is -3.23. The van der Waals surface area contributed by atoms with Crippen LogP contribution < -0.4 is 4.74 Å². The maximum absolute atomic E-state index is 11.9. The molecule has 0 bridgehead atoms. The van der Waals surface area contributed by atoms with Gasteiger partial charge < -0.3 is 14.3 Å². The van der Waals surface area contributed by atoms with Gasteiger partial charge in [-0.3, -0.25) is 9.97 Å². The number of sulfone groups is 1. The molecule has 8 heteroatoms. The van der Waals surface area contributed by atoms with Crippen LogP contribution in [0, 0.1) is 0 Å². The number of pyridine rings is 2. The van der Waals surface area contributed by atoms with Crippen molar-refractivity contribution >= 4 is 20.9 Å². The summed E-state index contributed by atoms with van der Waals surface area (Å²) in [5.74, 6) is 1.28. The molecule has 0 amide bonds. The minimum atomic E-state index is -3.37. The summed E-state index contributed by atoms with van der Waals surface area (Å²) in [5, 5.41) is 8.84. The largest absolute Gasteiger partial charge is 0.491 e. The van der Waals surface area contributed by atoms with Gasteiger partial charge in [-0.15, -0.1) is 0 Å². The zero-order valence-corrected chi connectivity index (χ0v) is 16.4. The summed E-state index contributed by atoms with van der Waals surface area (Å²) in [7, 11) is -3.37. The summed E-state index contributed by atoms with van der Waals surface area (Å²) in [6.45, 7) is 0.188. The fourth-order valence-corrected chi connectivity index (χ4v) is 3.55. The second kappa shape index (κ2) is 7.65. The van der Waals surface area contributed by atoms with Gasteiger partial charge in [0.15, 0.2) is 15.4 Å². The smallest absolute Gasteiger partial charge is 0.177 e. The van der Waals surface area contributed by atoms with Crippen LogP contribution in [0.5, 0.6) is 5.75 Å². The average Bonchev–Trinajstić information content (AvgIpc) is 3.16. The number of aromatic nitrogens is 2. The molecule has 7 nitrogen and oxygen atoms in total. The number of hydrogen-bond acceptors (Lipinski definition) is 7. The third kappa shape index (κ3) is 3.98. The molecule has 4 rings (SSSR count). The molecule has 4 aromatic rings. The molecule has 0 saturated heterocycles. The lowest BCUT2D eigenvalue weighted by atomic mass is 10.1. The Morgan fingerprint density at radius 2 is 1.86 bits per heavy atom. The zero-order chi connectivity index (χ0) is 20.4. The van der Waals surface area contributed by atoms with Crippen molar-refractivity contribution in [2.24, 2.45) is 0 Å². The summed E-state index contributed by atoms with van der Waals surface area (Å²) in [4.78, 5) is 8.56. The van der Waals surface area contributed by atoms with E-state index in [0.717, 1.165) is 11.8 Å². The molecule has 3 aromatic heterocycles. The van der Waals surface area contributed by atoms with Crippen LogP contribution in [-0.2, 0) is 9.84 Å². The SMILES string of the molecule is CS(=O)(=O)c1cncc(-c2ccnc3cc(-c4ccc(OCCO)cc4)oc23)c1. The second-order valence-electron chi connectivity index (χ2n) is 6.46. The minimum Gasteiger partial charge on any atom is -0.491 e. The molecule has 0 aliphatic carbocycles. The lowest BCUT2D eigenvalue weighted by Crippen LogP contribution is -2.01. The molecule has 0 unspecified atom stereocenters. The highest BCUT2D eigenvalue weighted by Gasteiger charge is 2.15. The number of aliphatic hydroxyl groups excluding tert-OH is 1. The summed E-state index contributed by atoms with van der Waals surface area (Å²) < 4.78 is 35.2. The third-order valence-corrected chi connectivity index (χ3v) is 5.44. The van der Waals surface area contributed by atoms with Crippen molar-refractivity contribution < 1.29 is 22.7 Å². The molecular formula is C21H18N2O5S. The molecule has 1 N–H and O–H groups in total. The fraction of sp³-hybridized carbons (Fsp3) is 0.143. The Kier molecular flexibility index (Phi) is 5.04. The van der Waals surface area contributed by atoms with Crippen LogP contribution in [0.3, 0.4) is 0 Å². The lowest BCUT2D eigenvalue weighted by Gasteiger charge is -2.05. The summed E-state index contributed by atoms with van der Waals surface area (Å²) in [6.07, 6.45) is 5.72. The number of rotatable bonds is 6. The van der Waals surface area contributed by atoms with Crippen LogP contribution in [-0.4, -0.2) is 43.0 Å². The Morgan fingerprint density at radius 1 is 1.07 bits per heavy atom. The van der Waals surface area contributed by atoms with Crippen LogP contribution in [0.2, 0.25) is 0 Å². The predicted molar refractivity (Wildman–Crippen MR) is 108 cm³/mol. The van der Waals surface area contributed by atoms with E-state index in [1.807, 2.05) is 18.2 Å². The summed E-state index contributed by atoms with van der Waals surface area (Å²) >= 11 is 0. The number of aliphatic hydroxyl groups is 1. The molecule has 3 heterocycles. The molecule has 0 fully saturated rings. The maximum atomic E-state index is 11.9. The topological polar surface area (TPSA) is 103 Å². The number of nitrogens with zero attached hydrogens (tertiary/aromatic N) is 2. The van der Waals surface area contributed by atoms with E-state index in [0.29, 0.717) is 33.7 Å². The number of benzene rings is 1. The van der Waals surface area contributed by atoms with Crippen LogP contribution in [0.1, 0.15) is 0 Å². The van der Waals surface area contributed by atoms with Crippen LogP contribution in [0.4, 0.5) is 0 Å². The van der Waals surface area contributed by atoms with E-state index < -0.39 is 9.84 Å². The van der Waals surface area contributed by atoms with Gasteiger partial charge in [-0.2, -0.15) is 0 Å². The Bertz CT molecular complexity index is 1260. The van der Waals surface area contributed by atoms with Gasteiger partial charge in [0.25, 0.3) is 0 Å². The first kappa shape index (κ1) is 19.1. The van der Waals surface area contributed by atoms with Crippen LogP contribution >= 0.6 is 0 Å². The van der Waals surface area contributed by atoms with E-state index in [2.05, 4.69) is 9.97 Å². The van der Waals surface area contributed by atoms with Crippen molar-refractivity contribution in [2.45, 2.75) is 4.90 Å². The first-order chi connectivity index (χ1) is 14.0. The van der Waals surface area contributed by atoms with Crippen LogP contribution in [0.15, 0.2) is 70.4 Å². The Morgan fingerprint density at radius 3 is 2.59 bits per heavy atom. The normalized spacial score (nSPS) is 11.7. The van der Waals surface area contributed by atoms with Gasteiger partial charge in [-0.25, -0.2) is 8.42 Å². The number of hydrogen-bond donors (Lipinski definition) is 1. The first-order valence-electron chi connectivity index (χ1n) is 8.84. The van der Waals surface area contributed by atoms with E-state index in [1.54, 1.807) is 36.7 Å². The molecular weight excluding hydrogens is 392 g/mol. The molecule has 0 saturated carbocycles. The third-order valence-electron chi connectivity index (χ3n) is 4.36. The van der Waals surface area contributed by atoms with Gasteiger partial charge in [0.1, 0.15) is 23.6 Å². The standard InChI is InChI=1S/C21H18N2O5S/c1-29(25,26)17-10-15(12-22-13-17)18-6-7-23-19-11-20(28-21(18)19)14-2-4-16(5-3-14)27-9-8-24/h2-7,10-13,24H,8-9H2,1H3. The molecule has 148 valence electrons. The van der Waals surface area contributed by atoms with Gasteiger partial charge in [0, 0.05) is 47.6 Å². The molecule has 1 aromatic carbocycles. The van der Waals surface area contributed by atoms with Crippen molar-refractivity contribution in [3.8, 4) is 28.2 Å². The highest BCUT2D eigenvalue weighted by molar-refractivity contribution is 7.90. The number of fused-ring (bicyclic) bond motifs is 1. The first-order valence-corrected chi connectivity index (χ1v) is 10.7. The van der Waals surface area contributed by atoms with Gasteiger partial charge in [-0.1, -0.05) is 0 Å². The number of ether oxygens (including phenoxy) is 1. The van der Waals surface area contributed by atoms with Gasteiger partial charge in [0.05, 0.1) is 11.5 Å².